The normalized spacial score (nSPS) is 11.1. The van der Waals surface area contributed by atoms with Gasteiger partial charge < -0.3 is 29.5 Å². The number of allylic oxidation sites excluding steroid dienone is 2. The SMILES string of the molecule is COc1c(C)c(C)c(C)c(C)c1C(=O)/C=C/c1ccc(C)cc1C.COc1c(C)c(C)c(C)c(C)c1C=CCc1ccc(C)cc1C.COc1c(C)c(C)c(O)c(C)c1CCCc1ccc(O)cc1O. The zero-order valence-corrected chi connectivity index (χ0v) is 45.3. The molecule has 0 spiro atoms. The van der Waals surface area contributed by atoms with Crippen LogP contribution in [-0.2, 0) is 19.3 Å². The maximum Gasteiger partial charge on any atom is 0.189 e. The fraction of sp³-hybridized carbons (Fsp3) is 0.349. The van der Waals surface area contributed by atoms with Crippen molar-refractivity contribution in [2.24, 2.45) is 0 Å². The molecule has 0 saturated heterocycles. The molecule has 0 unspecified atom stereocenters. The number of hydrogen-bond donors (Lipinski definition) is 3. The van der Waals surface area contributed by atoms with Crippen LogP contribution in [0, 0.1) is 104 Å². The van der Waals surface area contributed by atoms with Crippen molar-refractivity contribution >= 4 is 17.9 Å². The van der Waals surface area contributed by atoms with Crippen LogP contribution < -0.4 is 14.2 Å². The minimum absolute atomic E-state index is 0.0180. The summed E-state index contributed by atoms with van der Waals surface area (Å²) in [5.41, 5.74) is 23.4. The van der Waals surface area contributed by atoms with E-state index in [1.165, 1.54) is 67.3 Å². The second-order valence-corrected chi connectivity index (χ2v) is 18.9. The van der Waals surface area contributed by atoms with E-state index >= 15 is 0 Å². The highest BCUT2D eigenvalue weighted by Gasteiger charge is 2.21. The van der Waals surface area contributed by atoms with E-state index in [-0.39, 0.29) is 17.3 Å². The molecule has 0 aliphatic carbocycles. The van der Waals surface area contributed by atoms with Gasteiger partial charge in [0.15, 0.2) is 5.78 Å². The highest BCUT2D eigenvalue weighted by molar-refractivity contribution is 6.10. The summed E-state index contributed by atoms with van der Waals surface area (Å²) in [6, 6.07) is 17.5. The van der Waals surface area contributed by atoms with Crippen LogP contribution in [0.25, 0.3) is 12.2 Å². The fourth-order valence-corrected chi connectivity index (χ4v) is 9.21. The van der Waals surface area contributed by atoms with Gasteiger partial charge in [0, 0.05) is 17.2 Å². The van der Waals surface area contributed by atoms with Crippen LogP contribution in [-0.4, -0.2) is 42.4 Å². The van der Waals surface area contributed by atoms with Crippen LogP contribution in [0.3, 0.4) is 0 Å². The summed E-state index contributed by atoms with van der Waals surface area (Å²) in [5, 5.41) is 29.4. The molecule has 0 heterocycles. The van der Waals surface area contributed by atoms with E-state index < -0.39 is 0 Å². The Labute approximate surface area is 419 Å². The van der Waals surface area contributed by atoms with Crippen molar-refractivity contribution in [3.05, 3.63) is 184 Å². The van der Waals surface area contributed by atoms with Crippen molar-refractivity contribution in [2.45, 2.75) is 130 Å². The molecule has 0 saturated carbocycles. The second kappa shape index (κ2) is 24.7. The number of hydrogen-bond acceptors (Lipinski definition) is 7. The third kappa shape index (κ3) is 12.9. The van der Waals surface area contributed by atoms with Crippen LogP contribution in [0.2, 0.25) is 0 Å². The molecule has 372 valence electrons. The van der Waals surface area contributed by atoms with Gasteiger partial charge in [0.05, 0.1) is 26.9 Å². The fourth-order valence-electron chi connectivity index (χ4n) is 9.21. The lowest BCUT2D eigenvalue weighted by Crippen LogP contribution is -2.07. The Morgan fingerprint density at radius 3 is 1.60 bits per heavy atom. The summed E-state index contributed by atoms with van der Waals surface area (Å²) < 4.78 is 16.8. The zero-order chi connectivity index (χ0) is 52.3. The van der Waals surface area contributed by atoms with Crippen LogP contribution in [0.5, 0.6) is 34.5 Å². The molecule has 0 atom stereocenters. The predicted molar refractivity (Wildman–Crippen MR) is 292 cm³/mol. The Kier molecular flexibility index (Phi) is 19.7. The van der Waals surface area contributed by atoms with E-state index in [1.807, 2.05) is 46.8 Å². The first kappa shape index (κ1) is 55.9. The number of aromatic hydroxyl groups is 3. The van der Waals surface area contributed by atoms with Gasteiger partial charge in [-0.2, -0.15) is 0 Å². The lowest BCUT2D eigenvalue weighted by Gasteiger charge is -2.18. The number of rotatable bonds is 13. The summed E-state index contributed by atoms with van der Waals surface area (Å²) in [7, 11) is 5.03. The number of carbonyl (C=O) groups excluding carboxylic acids is 1. The first-order chi connectivity index (χ1) is 33.0. The molecule has 0 amide bonds. The lowest BCUT2D eigenvalue weighted by atomic mass is 9.91. The van der Waals surface area contributed by atoms with Crippen molar-refractivity contribution < 1.29 is 34.3 Å². The summed E-state index contributed by atoms with van der Waals surface area (Å²) >= 11 is 0. The van der Waals surface area contributed by atoms with Gasteiger partial charge in [0.1, 0.15) is 34.5 Å². The van der Waals surface area contributed by atoms with Crippen molar-refractivity contribution in [3.63, 3.8) is 0 Å². The van der Waals surface area contributed by atoms with E-state index in [0.717, 1.165) is 80.8 Å². The first-order valence-electron chi connectivity index (χ1n) is 24.2. The smallest absolute Gasteiger partial charge is 0.189 e. The maximum absolute atomic E-state index is 12.8. The lowest BCUT2D eigenvalue weighted by molar-refractivity contribution is 0.104. The molecule has 0 aromatic heterocycles. The van der Waals surface area contributed by atoms with Gasteiger partial charge in [0.25, 0.3) is 0 Å². The Bertz CT molecular complexity index is 2930. The van der Waals surface area contributed by atoms with Crippen LogP contribution in [0.1, 0.15) is 128 Å². The van der Waals surface area contributed by atoms with Crippen molar-refractivity contribution in [2.75, 3.05) is 21.3 Å². The summed E-state index contributed by atoms with van der Waals surface area (Å²) in [4.78, 5) is 12.8. The van der Waals surface area contributed by atoms with Crippen LogP contribution >= 0.6 is 0 Å². The molecule has 7 heteroatoms. The van der Waals surface area contributed by atoms with Crippen molar-refractivity contribution in [1.29, 1.82) is 0 Å². The molecule has 3 N–H and O–H groups in total. The highest BCUT2D eigenvalue weighted by atomic mass is 16.5. The highest BCUT2D eigenvalue weighted by Crippen LogP contribution is 2.39. The third-order valence-electron chi connectivity index (χ3n) is 14.4. The van der Waals surface area contributed by atoms with Gasteiger partial charge >= 0.3 is 0 Å². The number of phenols is 3. The van der Waals surface area contributed by atoms with Gasteiger partial charge in [0.2, 0.25) is 0 Å². The van der Waals surface area contributed by atoms with E-state index in [2.05, 4.69) is 112 Å². The summed E-state index contributed by atoms with van der Waals surface area (Å²) in [5.74, 6) is 2.99. The molecule has 6 aromatic rings. The molecule has 0 radical (unpaired) electrons. The van der Waals surface area contributed by atoms with E-state index in [9.17, 15) is 20.1 Å². The number of methoxy groups -OCH3 is 3. The zero-order valence-electron chi connectivity index (χ0n) is 45.3. The quantitative estimate of drug-likeness (QED) is 0.0782. The molecule has 0 bridgehead atoms. The molecule has 6 rings (SSSR count). The van der Waals surface area contributed by atoms with Gasteiger partial charge in [-0.3, -0.25) is 4.79 Å². The number of benzene rings is 6. The summed E-state index contributed by atoms with van der Waals surface area (Å²) in [6.45, 7) is 31.0. The largest absolute Gasteiger partial charge is 0.508 e. The molecular weight excluding hydrogens is 869 g/mol. The Hall–Kier alpha value is -6.73. The van der Waals surface area contributed by atoms with E-state index in [4.69, 9.17) is 14.2 Å². The Balaban J connectivity index is 0.000000228. The van der Waals surface area contributed by atoms with Gasteiger partial charge in [-0.05, 0) is 231 Å². The monoisotopic (exact) mass is 947 g/mol. The number of ketones is 1. The van der Waals surface area contributed by atoms with Crippen LogP contribution in [0.15, 0.2) is 66.7 Å². The molecule has 7 nitrogen and oxygen atoms in total. The number of phenolic OH excluding ortho intramolecular Hbond substituents is 3. The summed E-state index contributed by atoms with van der Waals surface area (Å²) in [6.07, 6.45) is 11.2. The Morgan fingerprint density at radius 2 is 1.03 bits per heavy atom. The molecule has 70 heavy (non-hydrogen) atoms. The minimum Gasteiger partial charge on any atom is -0.508 e. The standard InChI is InChI=1S/C22H26O2.C22H28O.C19H24O4/c1-13-8-9-19(14(2)12-13)10-11-20(23)21-17(5)15(3)16(4)18(6)22(21)24-7;1-14-11-12-20(15(2)13-14)9-8-10-21-18(5)16(3)17(4)19(6)22(21)23-7;1-11-12(2)19(23-4)16(13(3)18(11)22)7-5-6-14-8-9-15(20)10-17(14)21/h8-12H,1-7H3;8,10-13H,9H2,1-7H3;8-10,20-22H,5-7H2,1-4H3/b11-10+;;. The molecule has 0 aliphatic rings. The van der Waals surface area contributed by atoms with Crippen molar-refractivity contribution in [1.82, 2.24) is 0 Å². The van der Waals surface area contributed by atoms with E-state index in [1.54, 1.807) is 39.5 Å². The first-order valence-corrected chi connectivity index (χ1v) is 24.2. The van der Waals surface area contributed by atoms with Crippen molar-refractivity contribution in [3.8, 4) is 34.5 Å². The van der Waals surface area contributed by atoms with E-state index in [0.29, 0.717) is 23.5 Å². The maximum atomic E-state index is 12.8. The van der Waals surface area contributed by atoms with Crippen LogP contribution in [0.4, 0.5) is 0 Å². The third-order valence-corrected chi connectivity index (χ3v) is 14.4. The molecule has 6 aromatic carbocycles. The topological polar surface area (TPSA) is 105 Å². The van der Waals surface area contributed by atoms with Gasteiger partial charge in [-0.15, -0.1) is 0 Å². The average molecular weight is 947 g/mol. The minimum atomic E-state index is -0.0180. The van der Waals surface area contributed by atoms with Gasteiger partial charge in [-0.1, -0.05) is 71.8 Å². The number of aryl methyl sites for hydroxylation is 5. The molecular formula is C63H78O7. The second-order valence-electron chi connectivity index (χ2n) is 18.9. The van der Waals surface area contributed by atoms with Gasteiger partial charge in [-0.25, -0.2) is 0 Å². The number of ether oxygens (including phenoxy) is 3. The number of carbonyl (C=O) groups is 1. The Morgan fingerprint density at radius 1 is 0.500 bits per heavy atom. The average Bonchev–Trinajstić information content (AvgIpc) is 3.32. The molecule has 0 fully saturated rings. The molecule has 0 aliphatic heterocycles. The predicted octanol–water partition coefficient (Wildman–Crippen LogP) is 15.2.